The van der Waals surface area contributed by atoms with Crippen LogP contribution in [0.1, 0.15) is 46.7 Å². The molecule has 3 fully saturated rings. The van der Waals surface area contributed by atoms with Gasteiger partial charge in [0.15, 0.2) is 0 Å². The van der Waals surface area contributed by atoms with Crippen molar-refractivity contribution in [3.8, 4) is 5.88 Å². The Morgan fingerprint density at radius 1 is 1.16 bits per heavy atom. The summed E-state index contributed by atoms with van der Waals surface area (Å²) in [6.07, 6.45) is 5.02. The fraction of sp³-hybridized carbons (Fsp3) is 0.382. The number of carbonyl (C=O) groups excluding carboxylic acids is 1. The van der Waals surface area contributed by atoms with Crippen molar-refractivity contribution >= 4 is 39.6 Å². The molecular formula is C34H33ClN4O5. The molecule has 2 aromatic carbocycles. The number of benzene rings is 2. The van der Waals surface area contributed by atoms with E-state index < -0.39 is 0 Å². The summed E-state index contributed by atoms with van der Waals surface area (Å²) in [6, 6.07) is 17.4. The van der Waals surface area contributed by atoms with Gasteiger partial charge in [-0.2, -0.15) is 0 Å². The molecule has 1 aliphatic carbocycles. The molecule has 2 saturated heterocycles. The monoisotopic (exact) mass is 612 g/mol. The van der Waals surface area contributed by atoms with Gasteiger partial charge in [0.25, 0.3) is 0 Å². The summed E-state index contributed by atoms with van der Waals surface area (Å²) in [7, 11) is 1.41. The molecule has 3 atom stereocenters. The normalized spacial score (nSPS) is 23.0. The molecule has 8 rings (SSSR count). The molecule has 0 N–H and O–H groups in total. The predicted molar refractivity (Wildman–Crippen MR) is 165 cm³/mol. The SMILES string of the molecule is COC(=O)c1ccc2nc(CN3CCC4(c5cccc(OCc6ccc(Cl)c7ccoc67)n5)CC4C3)n(C[C@@H]3CCO3)c2c1. The third-order valence-electron chi connectivity index (χ3n) is 9.63. The van der Waals surface area contributed by atoms with E-state index in [4.69, 9.17) is 40.2 Å². The number of esters is 1. The Morgan fingerprint density at radius 3 is 2.89 bits per heavy atom. The van der Waals surface area contributed by atoms with Crippen LogP contribution in [0.15, 0.2) is 65.3 Å². The summed E-state index contributed by atoms with van der Waals surface area (Å²) < 4.78 is 24.8. The van der Waals surface area contributed by atoms with Crippen LogP contribution in [0.25, 0.3) is 22.0 Å². The number of pyridine rings is 1. The number of carbonyl (C=O) groups is 1. The van der Waals surface area contributed by atoms with E-state index in [0.717, 1.165) is 91.1 Å². The Hall–Kier alpha value is -3.92. The number of aromatic nitrogens is 3. The lowest BCUT2D eigenvalue weighted by Crippen LogP contribution is -2.37. The van der Waals surface area contributed by atoms with Gasteiger partial charge in [0.05, 0.1) is 59.9 Å². The number of ether oxygens (including phenoxy) is 3. The van der Waals surface area contributed by atoms with E-state index in [0.29, 0.717) is 29.0 Å². The number of furan rings is 1. The van der Waals surface area contributed by atoms with Gasteiger partial charge in [-0.1, -0.05) is 23.7 Å². The lowest BCUT2D eigenvalue weighted by atomic mass is 9.91. The number of hydrogen-bond acceptors (Lipinski definition) is 8. The van der Waals surface area contributed by atoms with Gasteiger partial charge in [-0.25, -0.2) is 14.8 Å². The number of imidazole rings is 1. The van der Waals surface area contributed by atoms with Gasteiger partial charge in [0, 0.05) is 35.6 Å². The molecule has 226 valence electrons. The number of piperidine rings is 1. The van der Waals surface area contributed by atoms with E-state index in [1.165, 1.54) is 7.11 Å². The zero-order valence-corrected chi connectivity index (χ0v) is 25.3. The smallest absolute Gasteiger partial charge is 0.337 e. The molecule has 5 aromatic rings. The highest BCUT2D eigenvalue weighted by Gasteiger charge is 2.58. The number of nitrogens with zero attached hydrogens (tertiary/aromatic N) is 4. The minimum absolute atomic E-state index is 0.0970. The molecule has 9 nitrogen and oxygen atoms in total. The van der Waals surface area contributed by atoms with E-state index in [2.05, 4.69) is 15.5 Å². The second kappa shape index (κ2) is 10.9. The van der Waals surface area contributed by atoms with Crippen LogP contribution in [0.2, 0.25) is 5.02 Å². The quantitative estimate of drug-likeness (QED) is 0.183. The van der Waals surface area contributed by atoms with Crippen molar-refractivity contribution in [1.29, 1.82) is 0 Å². The average Bonchev–Trinajstić information content (AvgIpc) is 3.36. The van der Waals surface area contributed by atoms with E-state index in [9.17, 15) is 4.79 Å². The van der Waals surface area contributed by atoms with Crippen LogP contribution in [-0.2, 0) is 34.6 Å². The highest BCUT2D eigenvalue weighted by atomic mass is 35.5. The maximum absolute atomic E-state index is 12.2. The number of fused-ring (bicyclic) bond motifs is 3. The lowest BCUT2D eigenvalue weighted by Gasteiger charge is -2.32. The first-order valence-corrected chi connectivity index (χ1v) is 15.5. The maximum Gasteiger partial charge on any atom is 0.337 e. The summed E-state index contributed by atoms with van der Waals surface area (Å²) in [6.45, 7) is 4.59. The number of methoxy groups -OCH3 is 1. The fourth-order valence-corrected chi connectivity index (χ4v) is 7.18. The van der Waals surface area contributed by atoms with Crippen LogP contribution in [0.4, 0.5) is 0 Å². The molecule has 3 aliphatic rings. The van der Waals surface area contributed by atoms with Crippen LogP contribution in [0.5, 0.6) is 5.88 Å². The number of hydrogen-bond donors (Lipinski definition) is 0. The Morgan fingerprint density at radius 2 is 2.07 bits per heavy atom. The summed E-state index contributed by atoms with van der Waals surface area (Å²) in [5, 5.41) is 1.55. The van der Waals surface area contributed by atoms with Crippen LogP contribution in [0.3, 0.4) is 0 Å². The Labute approximate surface area is 259 Å². The van der Waals surface area contributed by atoms with Crippen molar-refractivity contribution < 1.29 is 23.4 Å². The first-order valence-electron chi connectivity index (χ1n) is 15.2. The molecule has 3 aromatic heterocycles. The van der Waals surface area contributed by atoms with Gasteiger partial charge in [-0.15, -0.1) is 0 Å². The van der Waals surface area contributed by atoms with E-state index in [1.807, 2.05) is 42.5 Å². The van der Waals surface area contributed by atoms with Gasteiger partial charge >= 0.3 is 5.97 Å². The van der Waals surface area contributed by atoms with Crippen molar-refractivity contribution in [1.82, 2.24) is 19.4 Å². The first-order chi connectivity index (χ1) is 21.5. The highest BCUT2D eigenvalue weighted by molar-refractivity contribution is 6.35. The maximum atomic E-state index is 12.2. The Balaban J connectivity index is 0.967. The molecule has 0 amide bonds. The van der Waals surface area contributed by atoms with Crippen molar-refractivity contribution in [3.05, 3.63) is 88.5 Å². The summed E-state index contributed by atoms with van der Waals surface area (Å²) in [4.78, 5) is 24.7. The van der Waals surface area contributed by atoms with Crippen molar-refractivity contribution in [2.24, 2.45) is 5.92 Å². The van der Waals surface area contributed by atoms with Crippen LogP contribution in [0, 0.1) is 5.92 Å². The lowest BCUT2D eigenvalue weighted by molar-refractivity contribution is -0.0592. The molecule has 2 unspecified atom stereocenters. The van der Waals surface area contributed by atoms with Crippen LogP contribution >= 0.6 is 11.6 Å². The van der Waals surface area contributed by atoms with E-state index >= 15 is 0 Å². The topological polar surface area (TPSA) is 91.9 Å². The van der Waals surface area contributed by atoms with Crippen molar-refractivity contribution in [2.75, 3.05) is 26.8 Å². The second-order valence-corrected chi connectivity index (χ2v) is 12.6. The zero-order valence-electron chi connectivity index (χ0n) is 24.5. The summed E-state index contributed by atoms with van der Waals surface area (Å²) in [5.74, 6) is 1.83. The first kappa shape index (κ1) is 27.6. The molecular weight excluding hydrogens is 580 g/mol. The summed E-state index contributed by atoms with van der Waals surface area (Å²) >= 11 is 6.30. The minimum atomic E-state index is -0.343. The molecule has 10 heteroatoms. The molecule has 0 radical (unpaired) electrons. The molecule has 2 aliphatic heterocycles. The number of halogens is 1. The molecule has 44 heavy (non-hydrogen) atoms. The van der Waals surface area contributed by atoms with Gasteiger partial charge < -0.3 is 23.2 Å². The molecule has 0 spiro atoms. The zero-order chi connectivity index (χ0) is 29.8. The van der Waals surface area contributed by atoms with E-state index in [-0.39, 0.29) is 17.5 Å². The largest absolute Gasteiger partial charge is 0.473 e. The highest BCUT2D eigenvalue weighted by Crippen LogP contribution is 2.59. The minimum Gasteiger partial charge on any atom is -0.473 e. The number of likely N-dealkylation sites (tertiary alicyclic amines) is 1. The van der Waals surface area contributed by atoms with Gasteiger partial charge in [0.2, 0.25) is 5.88 Å². The van der Waals surface area contributed by atoms with Gasteiger partial charge in [-0.05, 0) is 68.1 Å². The van der Waals surface area contributed by atoms with E-state index in [1.54, 1.807) is 12.3 Å². The second-order valence-electron chi connectivity index (χ2n) is 12.2. The van der Waals surface area contributed by atoms with Crippen molar-refractivity contribution in [2.45, 2.75) is 50.5 Å². The molecule has 1 saturated carbocycles. The van der Waals surface area contributed by atoms with Crippen LogP contribution < -0.4 is 4.74 Å². The Kier molecular flexibility index (Phi) is 6.85. The third-order valence-corrected chi connectivity index (χ3v) is 9.96. The molecule has 5 heterocycles. The number of rotatable bonds is 9. The predicted octanol–water partition coefficient (Wildman–Crippen LogP) is 6.15. The summed E-state index contributed by atoms with van der Waals surface area (Å²) in [5.41, 5.74) is 5.27. The Bertz CT molecular complexity index is 1880. The third kappa shape index (κ3) is 4.83. The van der Waals surface area contributed by atoms with Gasteiger partial charge in [0.1, 0.15) is 18.0 Å². The fourth-order valence-electron chi connectivity index (χ4n) is 6.97. The average molecular weight is 613 g/mol. The van der Waals surface area contributed by atoms with Crippen molar-refractivity contribution in [3.63, 3.8) is 0 Å². The van der Waals surface area contributed by atoms with Gasteiger partial charge in [-0.3, -0.25) is 4.90 Å². The van der Waals surface area contributed by atoms with Crippen LogP contribution in [-0.4, -0.2) is 58.3 Å². The molecule has 0 bridgehead atoms. The standard InChI is InChI=1S/C34H33ClN4O5/c1-41-33(40)21-6-8-27-28(15-21)39(18-24-9-13-42-24)30(36-27)19-38-12-11-34(16-23(34)17-38)29-3-2-4-31(37-29)44-20-22-5-7-26(35)25-10-14-43-32(22)25/h2-8,10,14-15,23-24H,9,11-13,16-20H2,1H3/t23?,24-,34?/m0/s1.